The molecule has 1 aliphatic carbocycles. The van der Waals surface area contributed by atoms with E-state index < -0.39 is 0 Å². The summed E-state index contributed by atoms with van der Waals surface area (Å²) in [7, 11) is 4.11. The van der Waals surface area contributed by atoms with E-state index in [1.807, 2.05) is 0 Å². The Kier molecular flexibility index (Phi) is 3.08. The lowest BCUT2D eigenvalue weighted by atomic mass is 9.81. The maximum atomic E-state index is 3.49. The lowest BCUT2D eigenvalue weighted by molar-refractivity contribution is 0.224. The van der Waals surface area contributed by atoms with Gasteiger partial charge in [-0.1, -0.05) is 31.2 Å². The number of fused-ring (bicyclic) bond motifs is 1. The monoisotopic (exact) mass is 204 g/mol. The number of benzene rings is 1. The van der Waals surface area contributed by atoms with Gasteiger partial charge in [0, 0.05) is 20.1 Å². The van der Waals surface area contributed by atoms with Crippen molar-refractivity contribution in [3.8, 4) is 0 Å². The third kappa shape index (κ3) is 2.21. The summed E-state index contributed by atoms with van der Waals surface area (Å²) in [5.74, 6) is 0.710. The molecule has 0 amide bonds. The molecule has 2 atom stereocenters. The second kappa shape index (κ2) is 4.33. The van der Waals surface area contributed by atoms with Crippen molar-refractivity contribution in [3.63, 3.8) is 0 Å². The molecule has 2 unspecified atom stereocenters. The van der Waals surface area contributed by atoms with E-state index in [0.29, 0.717) is 12.0 Å². The van der Waals surface area contributed by atoms with Gasteiger partial charge < -0.3 is 0 Å². The highest BCUT2D eigenvalue weighted by molar-refractivity contribution is 5.34. The van der Waals surface area contributed by atoms with Crippen LogP contribution in [0.4, 0.5) is 0 Å². The van der Waals surface area contributed by atoms with Crippen LogP contribution in [0.1, 0.15) is 42.9 Å². The molecule has 0 saturated carbocycles. The molecule has 82 valence electrons. The zero-order valence-corrected chi connectivity index (χ0v) is 9.83. The average Bonchev–Trinajstić information content (AvgIpc) is 2.22. The molecule has 15 heavy (non-hydrogen) atoms. The number of nitrogens with zero attached hydrogens (tertiary/aromatic N) is 1. The van der Waals surface area contributed by atoms with Gasteiger partial charge in [-0.2, -0.15) is 0 Å². The van der Waals surface area contributed by atoms with Crippen molar-refractivity contribution in [3.05, 3.63) is 35.4 Å². The van der Waals surface area contributed by atoms with Crippen molar-refractivity contribution in [1.82, 2.24) is 10.4 Å². The molecule has 0 aliphatic heterocycles. The second-order valence-corrected chi connectivity index (χ2v) is 4.68. The van der Waals surface area contributed by atoms with E-state index in [9.17, 15) is 0 Å². The third-order valence-corrected chi connectivity index (χ3v) is 3.20. The summed E-state index contributed by atoms with van der Waals surface area (Å²) >= 11 is 0. The fraction of sp³-hybridized carbons (Fsp3) is 0.538. The summed E-state index contributed by atoms with van der Waals surface area (Å²) in [6.07, 6.45) is 2.51. The molecule has 0 fully saturated rings. The molecule has 2 heteroatoms. The van der Waals surface area contributed by atoms with Crippen LogP contribution in [-0.2, 0) is 0 Å². The predicted octanol–water partition coefficient (Wildman–Crippen LogP) is 2.69. The van der Waals surface area contributed by atoms with E-state index in [0.717, 1.165) is 0 Å². The van der Waals surface area contributed by atoms with Crippen molar-refractivity contribution in [2.75, 3.05) is 14.1 Å². The van der Waals surface area contributed by atoms with Gasteiger partial charge in [-0.05, 0) is 29.9 Å². The SMILES string of the molecule is CC1CCC(NN(C)C)c2ccccc21. The minimum atomic E-state index is 0.493. The third-order valence-electron chi connectivity index (χ3n) is 3.20. The number of nitrogens with one attached hydrogen (secondary N) is 1. The van der Waals surface area contributed by atoms with Crippen LogP contribution in [0.5, 0.6) is 0 Å². The Morgan fingerprint density at radius 1 is 1.13 bits per heavy atom. The Morgan fingerprint density at radius 2 is 1.80 bits per heavy atom. The van der Waals surface area contributed by atoms with E-state index >= 15 is 0 Å². The van der Waals surface area contributed by atoms with Gasteiger partial charge in [-0.3, -0.25) is 5.01 Å². The average molecular weight is 204 g/mol. The fourth-order valence-electron chi connectivity index (χ4n) is 2.45. The van der Waals surface area contributed by atoms with Crippen LogP contribution in [0.25, 0.3) is 0 Å². The molecule has 2 rings (SSSR count). The highest BCUT2D eigenvalue weighted by atomic mass is 15.5. The maximum absolute atomic E-state index is 3.49. The number of hydrogen-bond donors (Lipinski definition) is 1. The van der Waals surface area contributed by atoms with Gasteiger partial charge >= 0.3 is 0 Å². The van der Waals surface area contributed by atoms with Crippen molar-refractivity contribution in [1.29, 1.82) is 0 Å². The highest BCUT2D eigenvalue weighted by Gasteiger charge is 2.24. The van der Waals surface area contributed by atoms with E-state index in [2.05, 4.69) is 55.7 Å². The smallest absolute Gasteiger partial charge is 0.0467 e. The van der Waals surface area contributed by atoms with Crippen molar-refractivity contribution in [2.45, 2.75) is 31.7 Å². The van der Waals surface area contributed by atoms with Crippen molar-refractivity contribution < 1.29 is 0 Å². The summed E-state index contributed by atoms with van der Waals surface area (Å²) in [6, 6.07) is 9.30. The fourth-order valence-corrected chi connectivity index (χ4v) is 2.45. The first kappa shape index (κ1) is 10.7. The lowest BCUT2D eigenvalue weighted by Gasteiger charge is -2.32. The van der Waals surface area contributed by atoms with E-state index in [1.54, 1.807) is 0 Å². The van der Waals surface area contributed by atoms with Gasteiger partial charge in [-0.25, -0.2) is 5.43 Å². The van der Waals surface area contributed by atoms with Gasteiger partial charge in [0.15, 0.2) is 0 Å². The van der Waals surface area contributed by atoms with Crippen LogP contribution >= 0.6 is 0 Å². The Hall–Kier alpha value is -0.860. The molecule has 1 aromatic carbocycles. The van der Waals surface area contributed by atoms with E-state index in [-0.39, 0.29) is 0 Å². The molecule has 1 N–H and O–H groups in total. The van der Waals surface area contributed by atoms with Gasteiger partial charge in [0.05, 0.1) is 0 Å². The van der Waals surface area contributed by atoms with Crippen LogP contribution < -0.4 is 5.43 Å². The summed E-state index contributed by atoms with van der Waals surface area (Å²) in [5, 5.41) is 2.05. The summed E-state index contributed by atoms with van der Waals surface area (Å²) < 4.78 is 0. The van der Waals surface area contributed by atoms with E-state index in [4.69, 9.17) is 0 Å². The molecule has 0 heterocycles. The summed E-state index contributed by atoms with van der Waals surface area (Å²) in [5.41, 5.74) is 6.49. The normalized spacial score (nSPS) is 25.3. The first-order valence-corrected chi connectivity index (χ1v) is 5.71. The van der Waals surface area contributed by atoms with Crippen molar-refractivity contribution in [2.24, 2.45) is 0 Å². The Bertz CT molecular complexity index is 333. The molecular formula is C13H20N2. The van der Waals surface area contributed by atoms with Crippen LogP contribution in [0.15, 0.2) is 24.3 Å². The van der Waals surface area contributed by atoms with Crippen molar-refractivity contribution >= 4 is 0 Å². The molecule has 2 nitrogen and oxygen atoms in total. The molecule has 0 spiro atoms. The summed E-state index contributed by atoms with van der Waals surface area (Å²) in [6.45, 7) is 2.32. The molecule has 0 radical (unpaired) electrons. The van der Waals surface area contributed by atoms with Crippen LogP contribution in [-0.4, -0.2) is 19.1 Å². The predicted molar refractivity (Wildman–Crippen MR) is 63.7 cm³/mol. The Labute approximate surface area is 92.3 Å². The molecule has 1 aliphatic rings. The van der Waals surface area contributed by atoms with Gasteiger partial charge in [0.1, 0.15) is 0 Å². The van der Waals surface area contributed by atoms with Crippen LogP contribution in [0.3, 0.4) is 0 Å². The van der Waals surface area contributed by atoms with Crippen LogP contribution in [0, 0.1) is 0 Å². The van der Waals surface area contributed by atoms with Gasteiger partial charge in [-0.15, -0.1) is 0 Å². The molecule has 1 aromatic rings. The molecule has 0 saturated heterocycles. The minimum Gasteiger partial charge on any atom is -0.250 e. The molecule has 0 aromatic heterocycles. The quantitative estimate of drug-likeness (QED) is 0.745. The summed E-state index contributed by atoms with van der Waals surface area (Å²) in [4.78, 5) is 0. The first-order valence-electron chi connectivity index (χ1n) is 5.71. The maximum Gasteiger partial charge on any atom is 0.0467 e. The molecular weight excluding hydrogens is 184 g/mol. The standard InChI is InChI=1S/C13H20N2/c1-10-8-9-13(14-15(2)3)12-7-5-4-6-11(10)12/h4-7,10,13-14H,8-9H2,1-3H3. The highest BCUT2D eigenvalue weighted by Crippen LogP contribution is 2.36. The minimum absolute atomic E-state index is 0.493. The Balaban J connectivity index is 2.28. The zero-order chi connectivity index (χ0) is 10.8. The molecule has 0 bridgehead atoms. The lowest BCUT2D eigenvalue weighted by Crippen LogP contribution is -2.36. The Morgan fingerprint density at radius 3 is 2.47 bits per heavy atom. The first-order chi connectivity index (χ1) is 7.18. The van der Waals surface area contributed by atoms with Crippen LogP contribution in [0.2, 0.25) is 0 Å². The largest absolute Gasteiger partial charge is 0.250 e. The topological polar surface area (TPSA) is 15.3 Å². The number of hydrogen-bond acceptors (Lipinski definition) is 2. The van der Waals surface area contributed by atoms with Gasteiger partial charge in [0.2, 0.25) is 0 Å². The zero-order valence-electron chi connectivity index (χ0n) is 9.83. The number of rotatable bonds is 2. The van der Waals surface area contributed by atoms with E-state index in [1.165, 1.54) is 24.0 Å². The second-order valence-electron chi connectivity index (χ2n) is 4.68. The number of hydrazine groups is 1. The van der Waals surface area contributed by atoms with Gasteiger partial charge in [0.25, 0.3) is 0 Å².